The summed E-state index contributed by atoms with van der Waals surface area (Å²) in [5.41, 5.74) is 3.93. The molecule has 8 heteroatoms. The van der Waals surface area contributed by atoms with Gasteiger partial charge in [0.25, 0.3) is 0 Å². The Kier molecular flexibility index (Phi) is 8.25. The highest BCUT2D eigenvalue weighted by atomic mass is 35.5. The predicted molar refractivity (Wildman–Crippen MR) is 144 cm³/mol. The van der Waals surface area contributed by atoms with E-state index in [1.807, 2.05) is 56.3 Å². The molecule has 1 amide bonds. The first-order valence-electron chi connectivity index (χ1n) is 11.6. The van der Waals surface area contributed by atoms with Crippen LogP contribution < -0.4 is 14.8 Å². The molecule has 0 radical (unpaired) electrons. The lowest BCUT2D eigenvalue weighted by Gasteiger charge is -2.11. The maximum absolute atomic E-state index is 14.2. The van der Waals surface area contributed by atoms with Gasteiger partial charge in [-0.3, -0.25) is 9.48 Å². The van der Waals surface area contributed by atoms with E-state index in [1.54, 1.807) is 36.1 Å². The minimum Gasteiger partial charge on any atom is -0.496 e. The number of halogens is 2. The van der Waals surface area contributed by atoms with Crippen LogP contribution in [0.1, 0.15) is 27.9 Å². The van der Waals surface area contributed by atoms with Crippen LogP contribution >= 0.6 is 11.6 Å². The molecule has 0 saturated carbocycles. The van der Waals surface area contributed by atoms with Crippen LogP contribution in [0, 0.1) is 19.7 Å². The molecule has 0 aliphatic heterocycles. The van der Waals surface area contributed by atoms with Crippen LogP contribution in [0.3, 0.4) is 0 Å². The lowest BCUT2D eigenvalue weighted by atomic mass is 10.1. The average molecular weight is 520 g/mol. The summed E-state index contributed by atoms with van der Waals surface area (Å²) in [7, 11) is 1.61. The van der Waals surface area contributed by atoms with E-state index in [4.69, 9.17) is 21.1 Å². The molecule has 1 aromatic heterocycles. The number of rotatable bonds is 9. The van der Waals surface area contributed by atoms with E-state index in [2.05, 4.69) is 10.4 Å². The van der Waals surface area contributed by atoms with E-state index >= 15 is 0 Å². The molecule has 0 atom stereocenters. The zero-order valence-corrected chi connectivity index (χ0v) is 21.6. The van der Waals surface area contributed by atoms with Gasteiger partial charge < -0.3 is 14.8 Å². The van der Waals surface area contributed by atoms with E-state index < -0.39 is 5.82 Å². The van der Waals surface area contributed by atoms with Crippen LogP contribution in [-0.2, 0) is 17.9 Å². The topological polar surface area (TPSA) is 65.4 Å². The SMILES string of the molecule is COc1ccc(/C=C/C(=O)Nc2cc(C)n(Cc3c(F)cccc3Cl)n2)cc1COc1ccc(C)cc1. The zero-order chi connectivity index (χ0) is 26.4. The zero-order valence-electron chi connectivity index (χ0n) is 20.8. The van der Waals surface area contributed by atoms with Crippen molar-refractivity contribution in [3.63, 3.8) is 0 Å². The van der Waals surface area contributed by atoms with Crippen molar-refractivity contribution in [2.24, 2.45) is 0 Å². The van der Waals surface area contributed by atoms with E-state index in [0.717, 1.165) is 28.1 Å². The number of ether oxygens (including phenoxy) is 2. The number of nitrogens with zero attached hydrogens (tertiary/aromatic N) is 2. The number of nitrogens with one attached hydrogen (secondary N) is 1. The van der Waals surface area contributed by atoms with Gasteiger partial charge in [0.15, 0.2) is 5.82 Å². The van der Waals surface area contributed by atoms with Gasteiger partial charge in [-0.1, -0.05) is 41.4 Å². The summed E-state index contributed by atoms with van der Waals surface area (Å²) in [4.78, 5) is 12.5. The Labute approximate surface area is 220 Å². The maximum atomic E-state index is 14.2. The minimum atomic E-state index is -0.404. The summed E-state index contributed by atoms with van der Waals surface area (Å²) in [6.07, 6.45) is 3.13. The van der Waals surface area contributed by atoms with Crippen LogP contribution in [-0.4, -0.2) is 22.8 Å². The normalized spacial score (nSPS) is 11.1. The Morgan fingerprint density at radius 1 is 1.11 bits per heavy atom. The molecule has 1 N–H and O–H groups in total. The van der Waals surface area contributed by atoms with Gasteiger partial charge in [-0.2, -0.15) is 5.10 Å². The number of hydrogen-bond acceptors (Lipinski definition) is 4. The molecule has 4 aromatic rings. The first-order valence-corrected chi connectivity index (χ1v) is 12.0. The molecule has 0 fully saturated rings. The Morgan fingerprint density at radius 3 is 2.62 bits per heavy atom. The molecule has 3 aromatic carbocycles. The second kappa shape index (κ2) is 11.8. The molecule has 0 saturated heterocycles. The highest BCUT2D eigenvalue weighted by Crippen LogP contribution is 2.24. The standard InChI is InChI=1S/C29H27ClFN3O3/c1-19-7-11-23(12-8-19)37-18-22-16-21(9-13-27(22)36-3)10-14-29(35)32-28-15-20(2)34(33-28)17-24-25(30)5-4-6-26(24)31/h4-16H,17-18H2,1-3H3,(H,32,33,35)/b14-10+. The fourth-order valence-electron chi connectivity index (χ4n) is 3.71. The number of carbonyl (C=O) groups excluding carboxylic acids is 1. The van der Waals surface area contributed by atoms with Crippen LogP contribution in [0.4, 0.5) is 10.2 Å². The molecule has 37 heavy (non-hydrogen) atoms. The van der Waals surface area contributed by atoms with Gasteiger partial charge in [-0.15, -0.1) is 0 Å². The van der Waals surface area contributed by atoms with Crippen LogP contribution in [0.25, 0.3) is 6.08 Å². The van der Waals surface area contributed by atoms with Crippen molar-refractivity contribution in [1.82, 2.24) is 9.78 Å². The second-order valence-corrected chi connectivity index (χ2v) is 8.93. The Bertz CT molecular complexity index is 1410. The molecule has 0 spiro atoms. The lowest BCUT2D eigenvalue weighted by molar-refractivity contribution is -0.111. The Balaban J connectivity index is 1.41. The first kappa shape index (κ1) is 26.0. The molecule has 0 unspecified atom stereocenters. The summed E-state index contributed by atoms with van der Waals surface area (Å²) >= 11 is 6.13. The van der Waals surface area contributed by atoms with Crippen LogP contribution in [0.2, 0.25) is 5.02 Å². The molecule has 190 valence electrons. The third kappa shape index (κ3) is 6.77. The van der Waals surface area contributed by atoms with Crippen molar-refractivity contribution < 1.29 is 18.7 Å². The summed E-state index contributed by atoms with van der Waals surface area (Å²) in [5, 5.41) is 7.44. The molecule has 6 nitrogen and oxygen atoms in total. The third-order valence-corrected chi connectivity index (χ3v) is 6.10. The van der Waals surface area contributed by atoms with Crippen molar-refractivity contribution in [3.05, 3.63) is 112 Å². The Hall–Kier alpha value is -4.10. The molecule has 0 aliphatic carbocycles. The summed E-state index contributed by atoms with van der Waals surface area (Å²) in [5.74, 6) is 1.08. The van der Waals surface area contributed by atoms with E-state index in [-0.39, 0.29) is 12.5 Å². The van der Waals surface area contributed by atoms with Gasteiger partial charge in [-0.25, -0.2) is 4.39 Å². The fraction of sp³-hybridized carbons (Fsp3) is 0.172. The Morgan fingerprint density at radius 2 is 1.89 bits per heavy atom. The summed E-state index contributed by atoms with van der Waals surface area (Å²) in [6, 6.07) is 19.7. The molecular weight excluding hydrogens is 493 g/mol. The number of benzene rings is 3. The maximum Gasteiger partial charge on any atom is 0.249 e. The first-order chi connectivity index (χ1) is 17.8. The minimum absolute atomic E-state index is 0.155. The fourth-order valence-corrected chi connectivity index (χ4v) is 3.94. The smallest absolute Gasteiger partial charge is 0.249 e. The highest BCUT2D eigenvalue weighted by molar-refractivity contribution is 6.31. The number of methoxy groups -OCH3 is 1. The van der Waals surface area contributed by atoms with Gasteiger partial charge in [-0.05, 0) is 61.9 Å². The number of carbonyl (C=O) groups is 1. The number of hydrogen-bond donors (Lipinski definition) is 1. The van der Waals surface area contributed by atoms with Gasteiger partial charge in [0.1, 0.15) is 23.9 Å². The number of aryl methyl sites for hydroxylation is 2. The monoisotopic (exact) mass is 519 g/mol. The predicted octanol–water partition coefficient (Wildman–Crippen LogP) is 6.58. The average Bonchev–Trinajstić information content (AvgIpc) is 3.22. The van der Waals surface area contributed by atoms with Crippen molar-refractivity contribution in [1.29, 1.82) is 0 Å². The van der Waals surface area contributed by atoms with E-state index in [9.17, 15) is 9.18 Å². The third-order valence-electron chi connectivity index (χ3n) is 5.75. The van der Waals surface area contributed by atoms with Gasteiger partial charge >= 0.3 is 0 Å². The van der Waals surface area contributed by atoms with Crippen molar-refractivity contribution in [3.8, 4) is 11.5 Å². The summed E-state index contributed by atoms with van der Waals surface area (Å²) < 4.78 is 27.1. The lowest BCUT2D eigenvalue weighted by Crippen LogP contribution is -2.10. The molecule has 4 rings (SSSR count). The number of anilines is 1. The molecular formula is C29H27ClFN3O3. The quantitative estimate of drug-likeness (QED) is 0.254. The number of aromatic nitrogens is 2. The van der Waals surface area contributed by atoms with Crippen molar-refractivity contribution in [2.45, 2.75) is 27.0 Å². The molecule has 0 aliphatic rings. The van der Waals surface area contributed by atoms with E-state index in [0.29, 0.717) is 28.8 Å². The van der Waals surface area contributed by atoms with E-state index in [1.165, 1.54) is 12.1 Å². The van der Waals surface area contributed by atoms with Gasteiger partial charge in [0, 0.05) is 34.0 Å². The molecule has 1 heterocycles. The van der Waals surface area contributed by atoms with Crippen molar-refractivity contribution in [2.75, 3.05) is 12.4 Å². The van der Waals surface area contributed by atoms with Crippen molar-refractivity contribution >= 4 is 29.4 Å². The highest BCUT2D eigenvalue weighted by Gasteiger charge is 2.12. The largest absolute Gasteiger partial charge is 0.496 e. The summed E-state index contributed by atoms with van der Waals surface area (Å²) in [6.45, 7) is 4.32. The molecule has 0 bridgehead atoms. The van der Waals surface area contributed by atoms with Crippen LogP contribution in [0.15, 0.2) is 72.8 Å². The van der Waals surface area contributed by atoms with Gasteiger partial charge in [0.05, 0.1) is 13.7 Å². The second-order valence-electron chi connectivity index (χ2n) is 8.52. The van der Waals surface area contributed by atoms with Crippen LogP contribution in [0.5, 0.6) is 11.5 Å². The number of amides is 1. The van der Waals surface area contributed by atoms with Gasteiger partial charge in [0.2, 0.25) is 5.91 Å².